The highest BCUT2D eigenvalue weighted by atomic mass is 32.1. The summed E-state index contributed by atoms with van der Waals surface area (Å²) in [5.41, 5.74) is 5.72. The van der Waals surface area contributed by atoms with Gasteiger partial charge in [0.1, 0.15) is 0 Å². The Labute approximate surface area is 171 Å². The second-order valence-corrected chi connectivity index (χ2v) is 7.95. The minimum absolute atomic E-state index is 0.0516. The number of unbranched alkanes of at least 4 members (excludes halogenated alkanes) is 13. The molecule has 0 aliphatic heterocycles. The highest BCUT2D eigenvalue weighted by molar-refractivity contribution is 7.80. The molecule has 0 saturated carbocycles. The third-order valence-corrected chi connectivity index (χ3v) is 5.15. The number of carboxylic acids is 1. The van der Waals surface area contributed by atoms with Crippen LogP contribution in [0, 0.1) is 0 Å². The summed E-state index contributed by atoms with van der Waals surface area (Å²) in [6.45, 7) is 0.732. The van der Waals surface area contributed by atoms with Crippen LogP contribution in [0.3, 0.4) is 0 Å². The monoisotopic (exact) mass is 402 g/mol. The van der Waals surface area contributed by atoms with E-state index in [1.165, 1.54) is 70.6 Å². The maximum Gasteiger partial charge on any atom is 0.303 e. The van der Waals surface area contributed by atoms with Crippen molar-refractivity contribution in [3.8, 4) is 0 Å². The van der Waals surface area contributed by atoms with Gasteiger partial charge in [0.05, 0.1) is 6.04 Å². The van der Waals surface area contributed by atoms with Gasteiger partial charge in [-0.15, -0.1) is 0 Å². The number of nitrogens with two attached hydrogens (primary N) is 1. The molecule has 1 unspecified atom stereocenters. The van der Waals surface area contributed by atoms with Crippen LogP contribution in [0.2, 0.25) is 0 Å². The molecule has 0 heterocycles. The van der Waals surface area contributed by atoms with Gasteiger partial charge in [0.25, 0.3) is 0 Å². The van der Waals surface area contributed by atoms with Crippen LogP contribution in [-0.4, -0.2) is 35.3 Å². The molecule has 0 fully saturated rings. The predicted octanol–water partition coefficient (Wildman–Crippen LogP) is 4.69. The van der Waals surface area contributed by atoms with Crippen molar-refractivity contribution < 1.29 is 14.7 Å². The lowest BCUT2D eigenvalue weighted by Gasteiger charge is -2.10. The van der Waals surface area contributed by atoms with Crippen LogP contribution in [0.4, 0.5) is 0 Å². The largest absolute Gasteiger partial charge is 0.481 e. The molecule has 0 aromatic rings. The topological polar surface area (TPSA) is 92.4 Å². The summed E-state index contributed by atoms with van der Waals surface area (Å²) in [6.07, 6.45) is 17.9. The molecule has 0 rings (SSSR count). The Morgan fingerprint density at radius 1 is 0.778 bits per heavy atom. The van der Waals surface area contributed by atoms with Gasteiger partial charge in [0.15, 0.2) is 0 Å². The third kappa shape index (κ3) is 19.8. The summed E-state index contributed by atoms with van der Waals surface area (Å²) in [5, 5.41) is 11.5. The summed E-state index contributed by atoms with van der Waals surface area (Å²) >= 11 is 4.09. The number of nitrogens with one attached hydrogen (secondary N) is 1. The summed E-state index contributed by atoms with van der Waals surface area (Å²) in [6, 6.07) is -0.417. The molecule has 5 nitrogen and oxygen atoms in total. The molecule has 0 aromatic carbocycles. The van der Waals surface area contributed by atoms with Gasteiger partial charge >= 0.3 is 5.97 Å². The number of amides is 1. The van der Waals surface area contributed by atoms with Gasteiger partial charge < -0.3 is 16.2 Å². The van der Waals surface area contributed by atoms with Crippen molar-refractivity contribution in [2.24, 2.45) is 5.73 Å². The molecule has 1 amide bonds. The molecule has 0 bridgehead atoms. The smallest absolute Gasteiger partial charge is 0.303 e. The van der Waals surface area contributed by atoms with Gasteiger partial charge in [-0.3, -0.25) is 9.59 Å². The summed E-state index contributed by atoms with van der Waals surface area (Å²) in [7, 11) is 0. The molecule has 1 atom stereocenters. The van der Waals surface area contributed by atoms with Crippen molar-refractivity contribution in [1.82, 2.24) is 5.32 Å². The van der Waals surface area contributed by atoms with Crippen LogP contribution < -0.4 is 11.1 Å². The summed E-state index contributed by atoms with van der Waals surface area (Å²) in [5.74, 6) is -0.0841. The molecule has 0 aliphatic carbocycles. The van der Waals surface area contributed by atoms with Crippen LogP contribution in [0.15, 0.2) is 0 Å². The summed E-state index contributed by atoms with van der Waals surface area (Å²) in [4.78, 5) is 22.0. The van der Waals surface area contributed by atoms with E-state index in [0.29, 0.717) is 18.6 Å². The van der Waals surface area contributed by atoms with Crippen molar-refractivity contribution >= 4 is 24.5 Å². The van der Waals surface area contributed by atoms with Crippen molar-refractivity contribution in [3.63, 3.8) is 0 Å². The van der Waals surface area contributed by atoms with Gasteiger partial charge in [-0.05, 0) is 25.0 Å². The molecule has 27 heavy (non-hydrogen) atoms. The first-order chi connectivity index (χ1) is 13.1. The molecule has 0 saturated heterocycles. The summed E-state index contributed by atoms with van der Waals surface area (Å²) < 4.78 is 0. The van der Waals surface area contributed by atoms with Gasteiger partial charge in [-0.25, -0.2) is 0 Å². The van der Waals surface area contributed by atoms with E-state index in [1.54, 1.807) is 0 Å². The maximum absolute atomic E-state index is 11.6. The first-order valence-electron chi connectivity index (χ1n) is 10.9. The Morgan fingerprint density at radius 2 is 1.19 bits per heavy atom. The van der Waals surface area contributed by atoms with Crippen molar-refractivity contribution in [3.05, 3.63) is 0 Å². The van der Waals surface area contributed by atoms with Gasteiger partial charge in [0, 0.05) is 13.0 Å². The molecule has 0 spiro atoms. The number of rotatable bonds is 20. The lowest BCUT2D eigenvalue weighted by molar-refractivity contribution is -0.137. The molecule has 0 aromatic heterocycles. The second kappa shape index (κ2) is 20.0. The first-order valence-corrected chi connectivity index (χ1v) is 11.6. The van der Waals surface area contributed by atoms with Gasteiger partial charge in [-0.2, -0.15) is 12.6 Å². The van der Waals surface area contributed by atoms with E-state index in [4.69, 9.17) is 10.8 Å². The van der Waals surface area contributed by atoms with Crippen LogP contribution in [0.5, 0.6) is 0 Å². The predicted molar refractivity (Wildman–Crippen MR) is 116 cm³/mol. The second-order valence-electron chi connectivity index (χ2n) is 7.50. The Kier molecular flexibility index (Phi) is 19.4. The first kappa shape index (κ1) is 26.2. The number of carbonyl (C=O) groups is 2. The fraction of sp³-hybridized carbons (Fsp3) is 0.905. The van der Waals surface area contributed by atoms with E-state index in [2.05, 4.69) is 17.9 Å². The average molecular weight is 403 g/mol. The van der Waals surface area contributed by atoms with E-state index in [-0.39, 0.29) is 5.91 Å². The number of carbonyl (C=O) groups excluding carboxylic acids is 1. The highest BCUT2D eigenvalue weighted by Gasteiger charge is 2.10. The maximum atomic E-state index is 11.6. The SMILES string of the molecule is NC(CCS)C(=O)NCCCCCCCCCCCCCCCCC(=O)O. The van der Waals surface area contributed by atoms with Crippen molar-refractivity contribution in [2.75, 3.05) is 12.3 Å². The molecular weight excluding hydrogens is 360 g/mol. The number of hydrogen-bond acceptors (Lipinski definition) is 4. The number of hydrogen-bond donors (Lipinski definition) is 4. The van der Waals surface area contributed by atoms with E-state index in [1.807, 2.05) is 0 Å². The van der Waals surface area contributed by atoms with Crippen LogP contribution in [0.25, 0.3) is 0 Å². The molecule has 6 heteroatoms. The quantitative estimate of drug-likeness (QED) is 0.176. The molecule has 0 radical (unpaired) electrons. The standard InChI is InChI=1S/C21H42N2O3S/c22-19(16-18-27)21(26)23-17-14-12-10-8-6-4-2-1-3-5-7-9-11-13-15-20(24)25/h19,27H,1-18,22H2,(H,23,26)(H,24,25). The average Bonchev–Trinajstić information content (AvgIpc) is 2.64. The Morgan fingerprint density at radius 3 is 1.59 bits per heavy atom. The van der Waals surface area contributed by atoms with Gasteiger partial charge in [0.2, 0.25) is 5.91 Å². The number of carboxylic acid groups (broad SMARTS) is 1. The lowest BCUT2D eigenvalue weighted by atomic mass is 10.0. The van der Waals surface area contributed by atoms with E-state index < -0.39 is 12.0 Å². The fourth-order valence-corrected chi connectivity index (χ4v) is 3.41. The van der Waals surface area contributed by atoms with E-state index in [0.717, 1.165) is 25.8 Å². The Balaban J connectivity index is 3.15. The zero-order valence-corrected chi connectivity index (χ0v) is 18.0. The molecular formula is C21H42N2O3S. The van der Waals surface area contributed by atoms with Crippen LogP contribution in [0.1, 0.15) is 103 Å². The van der Waals surface area contributed by atoms with Crippen LogP contribution >= 0.6 is 12.6 Å². The Bertz CT molecular complexity index is 367. The third-order valence-electron chi connectivity index (χ3n) is 4.89. The zero-order valence-electron chi connectivity index (χ0n) is 17.1. The highest BCUT2D eigenvalue weighted by Crippen LogP contribution is 2.13. The molecule has 0 aliphatic rings. The zero-order chi connectivity index (χ0) is 20.2. The molecule has 160 valence electrons. The fourth-order valence-electron chi connectivity index (χ4n) is 3.14. The van der Waals surface area contributed by atoms with Crippen molar-refractivity contribution in [2.45, 2.75) is 109 Å². The van der Waals surface area contributed by atoms with Crippen molar-refractivity contribution in [1.29, 1.82) is 0 Å². The van der Waals surface area contributed by atoms with E-state index >= 15 is 0 Å². The number of aliphatic carboxylic acids is 1. The number of thiol groups is 1. The minimum atomic E-state index is -0.675. The Hall–Kier alpha value is -0.750. The van der Waals surface area contributed by atoms with Crippen LogP contribution in [-0.2, 0) is 9.59 Å². The normalized spacial score (nSPS) is 12.1. The van der Waals surface area contributed by atoms with E-state index in [9.17, 15) is 9.59 Å². The lowest BCUT2D eigenvalue weighted by Crippen LogP contribution is -2.41. The van der Waals surface area contributed by atoms with Gasteiger partial charge in [-0.1, -0.05) is 77.0 Å². The minimum Gasteiger partial charge on any atom is -0.481 e. The molecule has 4 N–H and O–H groups in total.